The second-order valence-electron chi connectivity index (χ2n) is 5.84. The number of amides is 1. The number of hydrogen-bond donors (Lipinski definition) is 1. The Morgan fingerprint density at radius 3 is 2.71 bits per heavy atom. The van der Waals surface area contributed by atoms with Crippen molar-refractivity contribution in [2.75, 3.05) is 13.2 Å². The second kappa shape index (κ2) is 7.49. The molecular formula is C17H19ClN2O3S. The minimum absolute atomic E-state index is 0. The van der Waals surface area contributed by atoms with E-state index in [1.165, 1.54) is 24.6 Å². The molecule has 1 aromatic rings. The molecule has 0 unspecified atom stereocenters. The summed E-state index contributed by atoms with van der Waals surface area (Å²) < 4.78 is 11.1. The summed E-state index contributed by atoms with van der Waals surface area (Å²) in [5.41, 5.74) is 0.925. The third kappa shape index (κ3) is 3.70. The molecule has 3 aliphatic rings. The molecule has 24 heavy (non-hydrogen) atoms. The second-order valence-corrected chi connectivity index (χ2v) is 6.87. The summed E-state index contributed by atoms with van der Waals surface area (Å²) in [7, 11) is 0. The number of aliphatic imine (C=N–C) groups is 1. The van der Waals surface area contributed by atoms with Gasteiger partial charge in [0.05, 0.1) is 10.9 Å². The molecule has 4 rings (SSSR count). The quantitative estimate of drug-likeness (QED) is 0.815. The van der Waals surface area contributed by atoms with Crippen LogP contribution in [0.3, 0.4) is 0 Å². The number of nitrogens with zero attached hydrogens (tertiary/aromatic N) is 1. The molecule has 1 amide bonds. The zero-order valence-corrected chi connectivity index (χ0v) is 14.8. The van der Waals surface area contributed by atoms with Crippen molar-refractivity contribution < 1.29 is 14.3 Å². The van der Waals surface area contributed by atoms with Crippen LogP contribution < -0.4 is 14.8 Å². The summed E-state index contributed by atoms with van der Waals surface area (Å²) in [5, 5.41) is 3.59. The summed E-state index contributed by atoms with van der Waals surface area (Å²) in [4.78, 5) is 17.4. The zero-order valence-electron chi connectivity index (χ0n) is 13.1. The maximum Gasteiger partial charge on any atom is 0.264 e. The van der Waals surface area contributed by atoms with Gasteiger partial charge in [-0.25, -0.2) is 0 Å². The first kappa shape index (κ1) is 17.2. The smallest absolute Gasteiger partial charge is 0.264 e. The summed E-state index contributed by atoms with van der Waals surface area (Å²) >= 11 is 1.42. The van der Waals surface area contributed by atoms with E-state index in [-0.39, 0.29) is 18.3 Å². The molecule has 2 fully saturated rings. The van der Waals surface area contributed by atoms with Crippen LogP contribution >= 0.6 is 24.2 Å². The highest BCUT2D eigenvalue weighted by atomic mass is 35.5. The average Bonchev–Trinajstić information content (AvgIpc) is 3.18. The minimum Gasteiger partial charge on any atom is -0.486 e. The van der Waals surface area contributed by atoms with E-state index >= 15 is 0 Å². The van der Waals surface area contributed by atoms with Crippen LogP contribution in [-0.2, 0) is 4.79 Å². The van der Waals surface area contributed by atoms with Crippen molar-refractivity contribution in [3.05, 3.63) is 28.7 Å². The Bertz CT molecular complexity index is 699. The summed E-state index contributed by atoms with van der Waals surface area (Å²) in [6.07, 6.45) is 6.59. The lowest BCUT2D eigenvalue weighted by molar-refractivity contribution is -0.115. The number of nitrogens with one attached hydrogen (secondary N) is 1. The Kier molecular flexibility index (Phi) is 5.36. The van der Waals surface area contributed by atoms with Crippen LogP contribution in [0.15, 0.2) is 28.1 Å². The fourth-order valence-electron chi connectivity index (χ4n) is 2.99. The molecular weight excluding hydrogens is 348 g/mol. The average molecular weight is 367 g/mol. The monoisotopic (exact) mass is 366 g/mol. The number of amidine groups is 1. The fraction of sp³-hybridized carbons (Fsp3) is 0.412. The molecule has 2 aliphatic heterocycles. The molecule has 0 atom stereocenters. The Hall–Kier alpha value is -1.66. The lowest BCUT2D eigenvalue weighted by atomic mass is 10.2. The largest absolute Gasteiger partial charge is 0.486 e. The molecule has 1 aliphatic carbocycles. The summed E-state index contributed by atoms with van der Waals surface area (Å²) in [5.74, 6) is 1.40. The van der Waals surface area contributed by atoms with Gasteiger partial charge in [0.1, 0.15) is 13.2 Å². The van der Waals surface area contributed by atoms with E-state index in [0.29, 0.717) is 24.2 Å². The normalized spacial score (nSPS) is 23.4. The van der Waals surface area contributed by atoms with Crippen LogP contribution in [0.2, 0.25) is 0 Å². The highest BCUT2D eigenvalue weighted by molar-refractivity contribution is 8.18. The Labute approximate surface area is 151 Å². The SMILES string of the molecule is Cl.O=C1NC(=NC2CCCC2)SC1=Cc1ccc2c(c1)OCCO2. The highest BCUT2D eigenvalue weighted by Gasteiger charge is 2.25. The van der Waals surface area contributed by atoms with Gasteiger partial charge in [0.15, 0.2) is 16.7 Å². The molecule has 1 saturated heterocycles. The van der Waals surface area contributed by atoms with E-state index in [4.69, 9.17) is 9.47 Å². The van der Waals surface area contributed by atoms with E-state index in [1.54, 1.807) is 0 Å². The Balaban J connectivity index is 0.00000169. The van der Waals surface area contributed by atoms with Crippen molar-refractivity contribution in [1.82, 2.24) is 5.32 Å². The van der Waals surface area contributed by atoms with Crippen LogP contribution in [0, 0.1) is 0 Å². The summed E-state index contributed by atoms with van der Waals surface area (Å²) in [6, 6.07) is 6.08. The zero-order chi connectivity index (χ0) is 15.6. The van der Waals surface area contributed by atoms with Crippen LogP contribution in [0.25, 0.3) is 6.08 Å². The Morgan fingerprint density at radius 2 is 1.92 bits per heavy atom. The van der Waals surface area contributed by atoms with Crippen LogP contribution in [0.1, 0.15) is 31.2 Å². The lowest BCUT2D eigenvalue weighted by Gasteiger charge is -2.18. The van der Waals surface area contributed by atoms with Gasteiger partial charge in [-0.05, 0) is 48.4 Å². The van der Waals surface area contributed by atoms with E-state index in [1.807, 2.05) is 24.3 Å². The maximum atomic E-state index is 12.1. The molecule has 5 nitrogen and oxygen atoms in total. The molecule has 1 N–H and O–H groups in total. The number of hydrogen-bond acceptors (Lipinski definition) is 5. The fourth-order valence-corrected chi connectivity index (χ4v) is 3.88. The molecule has 1 saturated carbocycles. The van der Waals surface area contributed by atoms with Crippen molar-refractivity contribution in [3.8, 4) is 11.5 Å². The highest BCUT2D eigenvalue weighted by Crippen LogP contribution is 2.33. The number of ether oxygens (including phenoxy) is 2. The first-order valence-electron chi connectivity index (χ1n) is 7.96. The van der Waals surface area contributed by atoms with Gasteiger partial charge in [-0.15, -0.1) is 12.4 Å². The first-order valence-corrected chi connectivity index (χ1v) is 8.78. The molecule has 0 aromatic heterocycles. The minimum atomic E-state index is -0.0818. The topological polar surface area (TPSA) is 59.9 Å². The number of benzene rings is 1. The lowest BCUT2D eigenvalue weighted by Crippen LogP contribution is -2.21. The van der Waals surface area contributed by atoms with Crippen molar-refractivity contribution in [3.63, 3.8) is 0 Å². The van der Waals surface area contributed by atoms with Crippen molar-refractivity contribution in [2.45, 2.75) is 31.7 Å². The molecule has 0 radical (unpaired) electrons. The number of carbonyl (C=O) groups is 1. The van der Waals surface area contributed by atoms with Crippen LogP contribution in [-0.4, -0.2) is 30.3 Å². The number of rotatable bonds is 2. The van der Waals surface area contributed by atoms with Gasteiger partial charge in [-0.1, -0.05) is 18.9 Å². The summed E-state index contributed by atoms with van der Waals surface area (Å²) in [6.45, 7) is 1.13. The van der Waals surface area contributed by atoms with Crippen molar-refractivity contribution >= 4 is 41.3 Å². The van der Waals surface area contributed by atoms with Gasteiger partial charge in [-0.3, -0.25) is 9.79 Å². The van der Waals surface area contributed by atoms with Gasteiger partial charge < -0.3 is 14.8 Å². The molecule has 0 bridgehead atoms. The predicted octanol–water partition coefficient (Wildman–Crippen LogP) is 3.38. The third-order valence-corrected chi connectivity index (χ3v) is 5.06. The molecule has 0 spiro atoms. The number of fused-ring (bicyclic) bond motifs is 1. The molecule has 2 heterocycles. The maximum absolute atomic E-state index is 12.1. The van der Waals surface area contributed by atoms with E-state index < -0.39 is 0 Å². The van der Waals surface area contributed by atoms with Crippen LogP contribution in [0.4, 0.5) is 0 Å². The van der Waals surface area contributed by atoms with E-state index in [2.05, 4.69) is 10.3 Å². The predicted molar refractivity (Wildman–Crippen MR) is 98.1 cm³/mol. The van der Waals surface area contributed by atoms with E-state index in [9.17, 15) is 4.79 Å². The number of thioether (sulfide) groups is 1. The van der Waals surface area contributed by atoms with Gasteiger partial charge in [-0.2, -0.15) is 0 Å². The molecule has 7 heteroatoms. The van der Waals surface area contributed by atoms with E-state index in [0.717, 1.165) is 35.1 Å². The first-order chi connectivity index (χ1) is 11.3. The van der Waals surface area contributed by atoms with Gasteiger partial charge in [0.25, 0.3) is 5.91 Å². The van der Waals surface area contributed by atoms with Gasteiger partial charge in [0, 0.05) is 0 Å². The van der Waals surface area contributed by atoms with Crippen molar-refractivity contribution in [1.29, 1.82) is 0 Å². The van der Waals surface area contributed by atoms with Crippen molar-refractivity contribution in [2.24, 2.45) is 4.99 Å². The van der Waals surface area contributed by atoms with Gasteiger partial charge >= 0.3 is 0 Å². The molecule has 1 aromatic carbocycles. The van der Waals surface area contributed by atoms with Gasteiger partial charge in [0.2, 0.25) is 0 Å². The standard InChI is InChI=1S/C17H18N2O3S.ClH/c20-16-15(23-17(19-16)18-12-3-1-2-4-12)10-11-5-6-13-14(9-11)22-8-7-21-13;/h5-6,9-10,12H,1-4,7-8H2,(H,18,19,20);1H. The number of carbonyl (C=O) groups excluding carboxylic acids is 1. The molecule has 128 valence electrons. The third-order valence-electron chi connectivity index (χ3n) is 4.14. The Morgan fingerprint density at radius 1 is 1.17 bits per heavy atom. The van der Waals surface area contributed by atoms with Crippen LogP contribution in [0.5, 0.6) is 11.5 Å². The number of halogens is 1.